The summed E-state index contributed by atoms with van der Waals surface area (Å²) in [7, 11) is 0. The highest BCUT2D eigenvalue weighted by Crippen LogP contribution is 2.48. The molecule has 0 aromatic carbocycles. The van der Waals surface area contributed by atoms with Crippen LogP contribution in [0.2, 0.25) is 0 Å². The lowest BCUT2D eigenvalue weighted by molar-refractivity contribution is -0.0527. The van der Waals surface area contributed by atoms with Crippen molar-refractivity contribution >= 4 is 0 Å². The van der Waals surface area contributed by atoms with Gasteiger partial charge in [-0.25, -0.2) is 0 Å². The molecule has 3 fully saturated rings. The summed E-state index contributed by atoms with van der Waals surface area (Å²) < 4.78 is 11.4. The molecule has 3 rings (SSSR count). The van der Waals surface area contributed by atoms with E-state index in [4.69, 9.17) is 9.47 Å². The van der Waals surface area contributed by atoms with E-state index >= 15 is 0 Å². The van der Waals surface area contributed by atoms with Gasteiger partial charge in [0, 0.05) is 13.0 Å². The minimum Gasteiger partial charge on any atom is -0.378 e. The molecule has 0 aromatic heterocycles. The lowest BCUT2D eigenvalue weighted by atomic mass is 9.96. The molecule has 3 atom stereocenters. The Hall–Kier alpha value is -0.0800. The van der Waals surface area contributed by atoms with Gasteiger partial charge in [0.2, 0.25) is 0 Å². The molecular weight excluding hydrogens is 152 g/mol. The number of rotatable bonds is 0. The van der Waals surface area contributed by atoms with Crippen molar-refractivity contribution in [3.8, 4) is 0 Å². The second-order valence-corrected chi connectivity index (χ2v) is 4.59. The van der Waals surface area contributed by atoms with E-state index in [1.54, 1.807) is 0 Å². The van der Waals surface area contributed by atoms with E-state index in [9.17, 15) is 0 Å². The summed E-state index contributed by atoms with van der Waals surface area (Å²) in [4.78, 5) is 0. The van der Waals surface area contributed by atoms with Gasteiger partial charge in [-0.2, -0.15) is 0 Å². The second-order valence-electron chi connectivity index (χ2n) is 4.59. The molecule has 0 N–H and O–H groups in total. The molecule has 0 unspecified atom stereocenters. The Morgan fingerprint density at radius 1 is 1.17 bits per heavy atom. The highest BCUT2D eigenvalue weighted by atomic mass is 16.6. The normalized spacial score (nSPS) is 52.0. The fraction of sp³-hybridized carbons (Fsp3) is 1.00. The van der Waals surface area contributed by atoms with Crippen LogP contribution >= 0.6 is 0 Å². The fourth-order valence-corrected chi connectivity index (χ4v) is 2.57. The van der Waals surface area contributed by atoms with Crippen molar-refractivity contribution in [1.82, 2.24) is 0 Å². The van der Waals surface area contributed by atoms with Gasteiger partial charge in [-0.15, -0.1) is 0 Å². The first-order valence-electron chi connectivity index (χ1n) is 5.10. The SMILES string of the molecule is C1C[C@]2(CC[C@@H]3C[C@H]3CO2)CO1. The van der Waals surface area contributed by atoms with Crippen LogP contribution in [0.15, 0.2) is 0 Å². The Balaban J connectivity index is 1.71. The lowest BCUT2D eigenvalue weighted by Gasteiger charge is -2.26. The molecule has 0 aromatic rings. The third-order valence-electron chi connectivity index (χ3n) is 3.71. The molecule has 12 heavy (non-hydrogen) atoms. The Bertz CT molecular complexity index is 170. The van der Waals surface area contributed by atoms with Crippen LogP contribution in [0.25, 0.3) is 0 Å². The molecular formula is C10H16O2. The van der Waals surface area contributed by atoms with Crippen LogP contribution in [0.5, 0.6) is 0 Å². The second kappa shape index (κ2) is 2.46. The van der Waals surface area contributed by atoms with Crippen molar-refractivity contribution in [2.24, 2.45) is 11.8 Å². The van der Waals surface area contributed by atoms with Crippen LogP contribution in [0.3, 0.4) is 0 Å². The average Bonchev–Trinajstić information content (AvgIpc) is 2.70. The van der Waals surface area contributed by atoms with E-state index in [1.807, 2.05) is 0 Å². The highest BCUT2D eigenvalue weighted by molar-refractivity contribution is 4.95. The Labute approximate surface area is 73.2 Å². The number of fused-ring (bicyclic) bond motifs is 1. The smallest absolute Gasteiger partial charge is 0.0936 e. The molecule has 1 spiro atoms. The van der Waals surface area contributed by atoms with E-state index in [2.05, 4.69) is 0 Å². The summed E-state index contributed by atoms with van der Waals surface area (Å²) in [6.45, 7) is 2.77. The average molecular weight is 168 g/mol. The van der Waals surface area contributed by atoms with Gasteiger partial charge < -0.3 is 9.47 Å². The molecule has 0 radical (unpaired) electrons. The molecule has 2 saturated heterocycles. The Kier molecular flexibility index (Phi) is 1.50. The maximum Gasteiger partial charge on any atom is 0.0936 e. The van der Waals surface area contributed by atoms with E-state index in [-0.39, 0.29) is 5.60 Å². The zero-order valence-corrected chi connectivity index (χ0v) is 7.42. The predicted octanol–water partition coefficient (Wildman–Crippen LogP) is 1.59. The van der Waals surface area contributed by atoms with Gasteiger partial charge in [0.15, 0.2) is 0 Å². The summed E-state index contributed by atoms with van der Waals surface area (Å²) in [5.74, 6) is 1.91. The first-order valence-corrected chi connectivity index (χ1v) is 5.10. The van der Waals surface area contributed by atoms with Crippen molar-refractivity contribution in [1.29, 1.82) is 0 Å². The quantitative estimate of drug-likeness (QED) is 0.547. The minimum atomic E-state index is 0.146. The van der Waals surface area contributed by atoms with Crippen LogP contribution in [0.4, 0.5) is 0 Å². The lowest BCUT2D eigenvalue weighted by Crippen LogP contribution is -2.32. The van der Waals surface area contributed by atoms with Gasteiger partial charge in [-0.05, 0) is 31.1 Å². The van der Waals surface area contributed by atoms with E-state index in [1.165, 1.54) is 19.3 Å². The molecule has 2 nitrogen and oxygen atoms in total. The molecule has 2 heteroatoms. The van der Waals surface area contributed by atoms with E-state index in [0.29, 0.717) is 0 Å². The minimum absolute atomic E-state index is 0.146. The van der Waals surface area contributed by atoms with Crippen LogP contribution < -0.4 is 0 Å². The molecule has 2 heterocycles. The van der Waals surface area contributed by atoms with Crippen molar-refractivity contribution in [2.45, 2.75) is 31.3 Å². The zero-order chi connectivity index (χ0) is 8.02. The third-order valence-corrected chi connectivity index (χ3v) is 3.71. The zero-order valence-electron chi connectivity index (χ0n) is 7.42. The number of hydrogen-bond donors (Lipinski definition) is 0. The first kappa shape index (κ1) is 7.34. The molecule has 0 bridgehead atoms. The summed E-state index contributed by atoms with van der Waals surface area (Å²) in [6.07, 6.45) is 5.19. The number of ether oxygens (including phenoxy) is 2. The summed E-state index contributed by atoms with van der Waals surface area (Å²) in [5, 5.41) is 0. The summed E-state index contributed by atoms with van der Waals surface area (Å²) >= 11 is 0. The Morgan fingerprint density at radius 2 is 2.17 bits per heavy atom. The molecule has 68 valence electrons. The molecule has 1 saturated carbocycles. The topological polar surface area (TPSA) is 18.5 Å². The molecule has 2 aliphatic heterocycles. The van der Waals surface area contributed by atoms with Crippen molar-refractivity contribution < 1.29 is 9.47 Å². The summed E-state index contributed by atoms with van der Waals surface area (Å²) in [6, 6.07) is 0. The first-order chi connectivity index (χ1) is 5.88. The predicted molar refractivity (Wildman–Crippen MR) is 45.0 cm³/mol. The van der Waals surface area contributed by atoms with Crippen molar-refractivity contribution in [2.75, 3.05) is 19.8 Å². The van der Waals surface area contributed by atoms with Gasteiger partial charge in [-0.1, -0.05) is 0 Å². The highest BCUT2D eigenvalue weighted by Gasteiger charge is 2.46. The van der Waals surface area contributed by atoms with E-state index in [0.717, 1.165) is 38.1 Å². The third kappa shape index (κ3) is 1.09. The molecule has 0 amide bonds. The van der Waals surface area contributed by atoms with Crippen molar-refractivity contribution in [3.05, 3.63) is 0 Å². The van der Waals surface area contributed by atoms with Crippen LogP contribution in [-0.4, -0.2) is 25.4 Å². The van der Waals surface area contributed by atoms with Gasteiger partial charge in [0.25, 0.3) is 0 Å². The standard InChI is InChI=1S/C10H16O2/c1-2-10(3-4-11-7-10)12-6-9-5-8(1)9/h8-9H,1-7H2/t8-,9+,10-/m1/s1. The van der Waals surface area contributed by atoms with Crippen LogP contribution in [-0.2, 0) is 9.47 Å². The fourth-order valence-electron chi connectivity index (χ4n) is 2.57. The largest absolute Gasteiger partial charge is 0.378 e. The monoisotopic (exact) mass is 168 g/mol. The van der Waals surface area contributed by atoms with E-state index < -0.39 is 0 Å². The van der Waals surface area contributed by atoms with Crippen molar-refractivity contribution in [3.63, 3.8) is 0 Å². The summed E-state index contributed by atoms with van der Waals surface area (Å²) in [5.41, 5.74) is 0.146. The maximum absolute atomic E-state index is 5.98. The maximum atomic E-state index is 5.98. The molecule has 1 aliphatic carbocycles. The van der Waals surface area contributed by atoms with Gasteiger partial charge >= 0.3 is 0 Å². The number of hydrogen-bond acceptors (Lipinski definition) is 2. The van der Waals surface area contributed by atoms with Gasteiger partial charge in [-0.3, -0.25) is 0 Å². The van der Waals surface area contributed by atoms with Crippen LogP contribution in [0, 0.1) is 11.8 Å². The molecule has 3 aliphatic rings. The Morgan fingerprint density at radius 3 is 3.00 bits per heavy atom. The van der Waals surface area contributed by atoms with Crippen LogP contribution in [0.1, 0.15) is 25.7 Å². The van der Waals surface area contributed by atoms with Gasteiger partial charge in [0.1, 0.15) is 0 Å². The van der Waals surface area contributed by atoms with Gasteiger partial charge in [0.05, 0.1) is 18.8 Å².